The van der Waals surface area contributed by atoms with Crippen LogP contribution in [0.25, 0.3) is 0 Å². The Labute approximate surface area is 137 Å². The van der Waals surface area contributed by atoms with Crippen molar-refractivity contribution < 1.29 is 14.2 Å². The molecule has 0 unspecified atom stereocenters. The maximum absolute atomic E-state index is 5.49. The van der Waals surface area contributed by atoms with Gasteiger partial charge in [-0.15, -0.1) is 0 Å². The van der Waals surface area contributed by atoms with Crippen LogP contribution in [-0.4, -0.2) is 46.6 Å². The number of guanidine groups is 1. The Morgan fingerprint density at radius 3 is 2.83 bits per heavy atom. The summed E-state index contributed by atoms with van der Waals surface area (Å²) < 4.78 is 15.9. The highest BCUT2D eigenvalue weighted by Gasteiger charge is 2.44. The summed E-state index contributed by atoms with van der Waals surface area (Å²) >= 11 is 0. The molecule has 6 nitrogen and oxygen atoms in total. The van der Waals surface area contributed by atoms with E-state index in [0.717, 1.165) is 43.6 Å². The monoisotopic (exact) mass is 319 g/mol. The molecule has 0 spiro atoms. The maximum Gasteiger partial charge on any atom is 0.231 e. The van der Waals surface area contributed by atoms with Crippen LogP contribution in [0.4, 0.5) is 0 Å². The van der Waals surface area contributed by atoms with E-state index in [2.05, 4.69) is 27.8 Å². The maximum atomic E-state index is 5.49. The van der Waals surface area contributed by atoms with Crippen molar-refractivity contribution in [3.63, 3.8) is 0 Å². The topological polar surface area (TPSA) is 64.1 Å². The van der Waals surface area contributed by atoms with Gasteiger partial charge in [0, 0.05) is 39.3 Å². The average Bonchev–Trinajstić information content (AvgIpc) is 3.22. The highest BCUT2D eigenvalue weighted by atomic mass is 16.7. The van der Waals surface area contributed by atoms with Gasteiger partial charge in [-0.25, -0.2) is 0 Å². The molecule has 1 heterocycles. The first-order valence-electron chi connectivity index (χ1n) is 8.11. The first kappa shape index (κ1) is 15.9. The van der Waals surface area contributed by atoms with Gasteiger partial charge in [-0.05, 0) is 37.0 Å². The molecule has 1 fully saturated rings. The largest absolute Gasteiger partial charge is 0.454 e. The number of nitrogens with one attached hydrogen (secondary N) is 2. The molecule has 1 aromatic rings. The number of hydrogen-bond donors (Lipinski definition) is 2. The zero-order chi connectivity index (χ0) is 16.1. The molecule has 23 heavy (non-hydrogen) atoms. The number of ether oxygens (including phenoxy) is 3. The molecule has 0 radical (unpaired) electrons. The number of fused-ring (bicyclic) bond motifs is 1. The molecule has 6 heteroatoms. The van der Waals surface area contributed by atoms with E-state index >= 15 is 0 Å². The second-order valence-corrected chi connectivity index (χ2v) is 6.05. The lowest BCUT2D eigenvalue weighted by Gasteiger charge is -2.19. The zero-order valence-electron chi connectivity index (χ0n) is 13.9. The Kier molecular flexibility index (Phi) is 4.91. The minimum Gasteiger partial charge on any atom is -0.454 e. The molecule has 2 N–H and O–H groups in total. The minimum atomic E-state index is 0.186. The lowest BCUT2D eigenvalue weighted by atomic mass is 9.95. The van der Waals surface area contributed by atoms with Crippen LogP contribution >= 0.6 is 0 Å². The van der Waals surface area contributed by atoms with E-state index in [1.54, 1.807) is 14.2 Å². The molecule has 1 saturated carbocycles. The standard InChI is InChI=1S/C17H25N3O3/c1-18-16(19-8-3-9-21-2)20-11-17(6-7-17)13-4-5-14-15(10-13)23-12-22-14/h4-5,10H,3,6-9,11-12H2,1-2H3,(H2,18,19,20). The third-order valence-electron chi connectivity index (χ3n) is 4.47. The van der Waals surface area contributed by atoms with E-state index in [-0.39, 0.29) is 5.41 Å². The molecular formula is C17H25N3O3. The number of nitrogens with zero attached hydrogens (tertiary/aromatic N) is 1. The van der Waals surface area contributed by atoms with Gasteiger partial charge < -0.3 is 24.8 Å². The van der Waals surface area contributed by atoms with Crippen molar-refractivity contribution >= 4 is 5.96 Å². The predicted molar refractivity (Wildman–Crippen MR) is 89.3 cm³/mol. The van der Waals surface area contributed by atoms with Gasteiger partial charge in [0.05, 0.1) is 0 Å². The van der Waals surface area contributed by atoms with Gasteiger partial charge in [-0.3, -0.25) is 4.99 Å². The van der Waals surface area contributed by atoms with Gasteiger partial charge in [0.1, 0.15) is 0 Å². The summed E-state index contributed by atoms with van der Waals surface area (Å²) in [4.78, 5) is 4.28. The fraction of sp³-hybridized carbons (Fsp3) is 0.588. The van der Waals surface area contributed by atoms with Gasteiger partial charge in [0.25, 0.3) is 0 Å². The van der Waals surface area contributed by atoms with Gasteiger partial charge in [0.15, 0.2) is 17.5 Å². The van der Waals surface area contributed by atoms with E-state index < -0.39 is 0 Å². The predicted octanol–water partition coefficient (Wildman–Crippen LogP) is 1.65. The fourth-order valence-corrected chi connectivity index (χ4v) is 2.84. The Balaban J connectivity index is 1.54. The SMILES string of the molecule is CN=C(NCCCOC)NCC1(c2ccc3c(c2)OCO3)CC1. The van der Waals surface area contributed by atoms with Crippen LogP contribution in [-0.2, 0) is 10.2 Å². The van der Waals surface area contributed by atoms with E-state index in [4.69, 9.17) is 14.2 Å². The molecule has 0 amide bonds. The summed E-state index contributed by atoms with van der Waals surface area (Å²) in [5.41, 5.74) is 1.49. The number of rotatable bonds is 7. The smallest absolute Gasteiger partial charge is 0.231 e. The summed E-state index contributed by atoms with van der Waals surface area (Å²) in [5.74, 6) is 2.54. The average molecular weight is 319 g/mol. The lowest BCUT2D eigenvalue weighted by molar-refractivity contribution is 0.174. The molecule has 126 valence electrons. The molecule has 0 saturated heterocycles. The van der Waals surface area contributed by atoms with Crippen molar-refractivity contribution in [2.24, 2.45) is 4.99 Å². The number of methoxy groups -OCH3 is 1. The molecule has 2 aliphatic rings. The van der Waals surface area contributed by atoms with Crippen LogP contribution in [0.5, 0.6) is 11.5 Å². The highest BCUT2D eigenvalue weighted by Crippen LogP contribution is 2.49. The van der Waals surface area contributed by atoms with E-state index in [0.29, 0.717) is 6.79 Å². The van der Waals surface area contributed by atoms with Crippen LogP contribution in [0.15, 0.2) is 23.2 Å². The second-order valence-electron chi connectivity index (χ2n) is 6.05. The summed E-state index contributed by atoms with van der Waals surface area (Å²) in [6.45, 7) is 2.80. The Hall–Kier alpha value is -1.95. The summed E-state index contributed by atoms with van der Waals surface area (Å²) in [7, 11) is 3.51. The lowest BCUT2D eigenvalue weighted by Crippen LogP contribution is -2.41. The van der Waals surface area contributed by atoms with E-state index in [1.807, 2.05) is 6.07 Å². The van der Waals surface area contributed by atoms with Crippen molar-refractivity contribution in [1.82, 2.24) is 10.6 Å². The Morgan fingerprint density at radius 2 is 2.09 bits per heavy atom. The Bertz CT molecular complexity index is 570. The molecular weight excluding hydrogens is 294 g/mol. The number of benzene rings is 1. The third-order valence-corrected chi connectivity index (χ3v) is 4.47. The first-order valence-corrected chi connectivity index (χ1v) is 8.11. The third kappa shape index (κ3) is 3.69. The summed E-state index contributed by atoms with van der Waals surface area (Å²) in [6.07, 6.45) is 3.32. The van der Waals surface area contributed by atoms with Gasteiger partial charge in [0.2, 0.25) is 6.79 Å². The molecule has 1 aromatic carbocycles. The second kappa shape index (κ2) is 7.08. The molecule has 0 bridgehead atoms. The van der Waals surface area contributed by atoms with E-state index in [1.165, 1.54) is 18.4 Å². The van der Waals surface area contributed by atoms with Crippen molar-refractivity contribution in [2.75, 3.05) is 40.6 Å². The quantitative estimate of drug-likeness (QED) is 0.454. The highest BCUT2D eigenvalue weighted by molar-refractivity contribution is 5.79. The first-order chi connectivity index (χ1) is 11.3. The minimum absolute atomic E-state index is 0.186. The summed E-state index contributed by atoms with van der Waals surface area (Å²) in [6, 6.07) is 6.28. The van der Waals surface area contributed by atoms with Crippen LogP contribution in [0.1, 0.15) is 24.8 Å². The van der Waals surface area contributed by atoms with E-state index in [9.17, 15) is 0 Å². The van der Waals surface area contributed by atoms with Gasteiger partial charge in [-0.1, -0.05) is 6.07 Å². The number of hydrogen-bond acceptors (Lipinski definition) is 4. The molecule has 0 aromatic heterocycles. The van der Waals surface area contributed by atoms with Crippen LogP contribution < -0.4 is 20.1 Å². The molecule has 1 aliphatic heterocycles. The van der Waals surface area contributed by atoms with Crippen LogP contribution in [0.3, 0.4) is 0 Å². The fourth-order valence-electron chi connectivity index (χ4n) is 2.84. The summed E-state index contributed by atoms with van der Waals surface area (Å²) in [5, 5.41) is 6.75. The Morgan fingerprint density at radius 1 is 1.26 bits per heavy atom. The number of aliphatic imine (C=N–C) groups is 1. The molecule has 1 aliphatic carbocycles. The van der Waals surface area contributed by atoms with Gasteiger partial charge >= 0.3 is 0 Å². The van der Waals surface area contributed by atoms with Crippen molar-refractivity contribution in [3.8, 4) is 11.5 Å². The van der Waals surface area contributed by atoms with Crippen LogP contribution in [0, 0.1) is 0 Å². The molecule has 3 rings (SSSR count). The zero-order valence-corrected chi connectivity index (χ0v) is 13.9. The van der Waals surface area contributed by atoms with Gasteiger partial charge in [-0.2, -0.15) is 0 Å². The van der Waals surface area contributed by atoms with Crippen molar-refractivity contribution in [2.45, 2.75) is 24.7 Å². The van der Waals surface area contributed by atoms with Crippen LogP contribution in [0.2, 0.25) is 0 Å². The van der Waals surface area contributed by atoms with Crippen molar-refractivity contribution in [1.29, 1.82) is 0 Å². The normalized spacial score (nSPS) is 17.9. The molecule has 0 atom stereocenters. The van der Waals surface area contributed by atoms with Crippen molar-refractivity contribution in [3.05, 3.63) is 23.8 Å².